The van der Waals surface area contributed by atoms with Crippen molar-refractivity contribution in [2.75, 3.05) is 18.1 Å². The lowest BCUT2D eigenvalue weighted by Crippen LogP contribution is -2.23. The third kappa shape index (κ3) is 2.39. The van der Waals surface area contributed by atoms with Gasteiger partial charge in [-0.25, -0.2) is 4.79 Å². The monoisotopic (exact) mass is 253 g/mol. The standard InChI is InChI=1S/C13H16ClNO2/c1-13(2,3)10-5-4-9(8-11(10)14)15-6-7-17-12(15)16/h4-5,8H,6-7H2,1-3H3. The summed E-state index contributed by atoms with van der Waals surface area (Å²) in [7, 11) is 0. The molecule has 1 aromatic rings. The van der Waals surface area contributed by atoms with Crippen molar-refractivity contribution in [1.82, 2.24) is 0 Å². The summed E-state index contributed by atoms with van der Waals surface area (Å²) in [5, 5.41) is 0.690. The van der Waals surface area contributed by atoms with Crippen LogP contribution in [0.1, 0.15) is 26.3 Å². The van der Waals surface area contributed by atoms with Gasteiger partial charge in [0, 0.05) is 10.7 Å². The molecule has 1 aromatic carbocycles. The molecule has 0 unspecified atom stereocenters. The number of halogens is 1. The van der Waals surface area contributed by atoms with Crippen LogP contribution in [-0.2, 0) is 10.2 Å². The molecule has 0 N–H and O–H groups in total. The van der Waals surface area contributed by atoms with Gasteiger partial charge in [0.1, 0.15) is 6.61 Å². The molecule has 92 valence electrons. The Kier molecular flexibility index (Phi) is 3.04. The van der Waals surface area contributed by atoms with Crippen molar-refractivity contribution in [2.24, 2.45) is 0 Å². The van der Waals surface area contributed by atoms with Crippen LogP contribution in [0.25, 0.3) is 0 Å². The van der Waals surface area contributed by atoms with E-state index < -0.39 is 0 Å². The van der Waals surface area contributed by atoms with Gasteiger partial charge in [-0.05, 0) is 23.1 Å². The summed E-state index contributed by atoms with van der Waals surface area (Å²) in [5.74, 6) is 0. The second-order valence-corrected chi connectivity index (χ2v) is 5.59. The molecule has 0 atom stereocenters. The first-order valence-corrected chi connectivity index (χ1v) is 6.02. The molecule has 1 fully saturated rings. The summed E-state index contributed by atoms with van der Waals surface area (Å²) >= 11 is 6.26. The SMILES string of the molecule is CC(C)(C)c1ccc(N2CCOC2=O)cc1Cl. The molecule has 4 heteroatoms. The molecule has 0 aromatic heterocycles. The molecule has 17 heavy (non-hydrogen) atoms. The van der Waals surface area contributed by atoms with Crippen LogP contribution in [0.4, 0.5) is 10.5 Å². The number of hydrogen-bond donors (Lipinski definition) is 0. The average molecular weight is 254 g/mol. The van der Waals surface area contributed by atoms with Gasteiger partial charge < -0.3 is 4.74 Å². The summed E-state index contributed by atoms with van der Waals surface area (Å²) in [4.78, 5) is 13.0. The highest BCUT2D eigenvalue weighted by Gasteiger charge is 2.25. The number of amides is 1. The van der Waals surface area contributed by atoms with Crippen LogP contribution in [0.15, 0.2) is 18.2 Å². The Morgan fingerprint density at radius 1 is 1.35 bits per heavy atom. The lowest BCUT2D eigenvalue weighted by atomic mass is 9.87. The van der Waals surface area contributed by atoms with Crippen LogP contribution in [0.2, 0.25) is 5.02 Å². The molecule has 1 aliphatic rings. The second kappa shape index (κ2) is 4.22. The number of carbonyl (C=O) groups is 1. The van der Waals surface area contributed by atoms with Gasteiger partial charge in [-0.15, -0.1) is 0 Å². The third-order valence-corrected chi connectivity index (χ3v) is 3.15. The number of nitrogens with zero attached hydrogens (tertiary/aromatic N) is 1. The number of rotatable bonds is 1. The van der Waals surface area contributed by atoms with Gasteiger partial charge in [-0.2, -0.15) is 0 Å². The molecule has 0 saturated carbocycles. The van der Waals surface area contributed by atoms with Crippen molar-refractivity contribution >= 4 is 23.4 Å². The van der Waals surface area contributed by atoms with Crippen molar-refractivity contribution in [3.8, 4) is 0 Å². The van der Waals surface area contributed by atoms with Crippen molar-refractivity contribution in [3.05, 3.63) is 28.8 Å². The minimum absolute atomic E-state index is 0.00112. The van der Waals surface area contributed by atoms with E-state index >= 15 is 0 Å². The van der Waals surface area contributed by atoms with Gasteiger partial charge in [0.15, 0.2) is 0 Å². The van der Waals surface area contributed by atoms with Gasteiger partial charge in [0.2, 0.25) is 0 Å². The van der Waals surface area contributed by atoms with Crippen LogP contribution in [-0.4, -0.2) is 19.2 Å². The fraction of sp³-hybridized carbons (Fsp3) is 0.462. The summed E-state index contributed by atoms with van der Waals surface area (Å²) in [5.41, 5.74) is 1.88. The Balaban J connectivity index is 2.34. The first-order chi connectivity index (χ1) is 7.89. The molecule has 1 heterocycles. The van der Waals surface area contributed by atoms with Crippen molar-refractivity contribution in [2.45, 2.75) is 26.2 Å². The van der Waals surface area contributed by atoms with Crippen molar-refractivity contribution in [3.63, 3.8) is 0 Å². The minimum Gasteiger partial charge on any atom is -0.447 e. The lowest BCUT2D eigenvalue weighted by Gasteiger charge is -2.22. The van der Waals surface area contributed by atoms with Gasteiger partial charge in [0.05, 0.1) is 6.54 Å². The highest BCUT2D eigenvalue weighted by Crippen LogP contribution is 2.33. The fourth-order valence-electron chi connectivity index (χ4n) is 1.91. The zero-order valence-electron chi connectivity index (χ0n) is 10.3. The Morgan fingerprint density at radius 2 is 2.06 bits per heavy atom. The zero-order valence-corrected chi connectivity index (χ0v) is 11.0. The van der Waals surface area contributed by atoms with Gasteiger partial charge in [-0.1, -0.05) is 38.4 Å². The Hall–Kier alpha value is -1.22. The van der Waals surface area contributed by atoms with E-state index in [2.05, 4.69) is 20.8 Å². The molecule has 0 radical (unpaired) electrons. The largest absolute Gasteiger partial charge is 0.447 e. The number of hydrogen-bond acceptors (Lipinski definition) is 2. The number of cyclic esters (lactones) is 1. The van der Waals surface area contributed by atoms with Crippen LogP contribution in [0.3, 0.4) is 0 Å². The maximum Gasteiger partial charge on any atom is 0.414 e. The predicted octanol–water partition coefficient (Wildman–Crippen LogP) is 3.59. The van der Waals surface area contributed by atoms with E-state index in [9.17, 15) is 4.79 Å². The van der Waals surface area contributed by atoms with E-state index in [1.807, 2.05) is 18.2 Å². The first-order valence-electron chi connectivity index (χ1n) is 5.64. The summed E-state index contributed by atoms with van der Waals surface area (Å²) < 4.78 is 4.90. The topological polar surface area (TPSA) is 29.5 Å². The highest BCUT2D eigenvalue weighted by molar-refractivity contribution is 6.31. The van der Waals surface area contributed by atoms with Crippen molar-refractivity contribution < 1.29 is 9.53 Å². The molecule has 3 nitrogen and oxygen atoms in total. The zero-order chi connectivity index (χ0) is 12.6. The Labute approximate surface area is 106 Å². The third-order valence-electron chi connectivity index (χ3n) is 2.83. The minimum atomic E-state index is -0.301. The van der Waals surface area contributed by atoms with E-state index in [1.54, 1.807) is 4.90 Å². The van der Waals surface area contributed by atoms with E-state index in [4.69, 9.17) is 16.3 Å². The smallest absolute Gasteiger partial charge is 0.414 e. The van der Waals surface area contributed by atoms with Crippen LogP contribution >= 0.6 is 11.6 Å². The first kappa shape index (κ1) is 12.2. The number of anilines is 1. The fourth-order valence-corrected chi connectivity index (χ4v) is 2.37. The Bertz CT molecular complexity index is 451. The van der Waals surface area contributed by atoms with Gasteiger partial charge in [0.25, 0.3) is 0 Å². The summed E-state index contributed by atoms with van der Waals surface area (Å²) in [6, 6.07) is 5.72. The molecule has 0 spiro atoms. The average Bonchev–Trinajstić information content (AvgIpc) is 2.62. The number of carbonyl (C=O) groups excluding carboxylic acids is 1. The van der Waals surface area contributed by atoms with E-state index in [0.29, 0.717) is 18.2 Å². The summed E-state index contributed by atoms with van der Waals surface area (Å²) in [6.07, 6.45) is -0.301. The van der Waals surface area contributed by atoms with Crippen LogP contribution < -0.4 is 4.90 Å². The number of ether oxygens (including phenoxy) is 1. The molecule has 1 aliphatic heterocycles. The predicted molar refractivity (Wildman–Crippen MR) is 68.8 cm³/mol. The second-order valence-electron chi connectivity index (χ2n) is 5.18. The maximum atomic E-state index is 11.4. The molecule has 0 bridgehead atoms. The van der Waals surface area contributed by atoms with Gasteiger partial charge >= 0.3 is 6.09 Å². The quantitative estimate of drug-likeness (QED) is 0.765. The molecule has 1 amide bonds. The number of benzene rings is 1. The van der Waals surface area contributed by atoms with Crippen molar-refractivity contribution in [1.29, 1.82) is 0 Å². The van der Waals surface area contributed by atoms with E-state index in [-0.39, 0.29) is 11.5 Å². The van der Waals surface area contributed by atoms with Gasteiger partial charge in [-0.3, -0.25) is 4.90 Å². The summed E-state index contributed by atoms with van der Waals surface area (Å²) in [6.45, 7) is 7.36. The molecule has 2 rings (SSSR count). The van der Waals surface area contributed by atoms with E-state index in [1.165, 1.54) is 0 Å². The van der Waals surface area contributed by atoms with Crippen LogP contribution in [0, 0.1) is 0 Å². The highest BCUT2D eigenvalue weighted by atomic mass is 35.5. The Morgan fingerprint density at radius 3 is 2.53 bits per heavy atom. The molecule has 0 aliphatic carbocycles. The molecule has 1 saturated heterocycles. The van der Waals surface area contributed by atoms with Crippen LogP contribution in [0.5, 0.6) is 0 Å². The lowest BCUT2D eigenvalue weighted by molar-refractivity contribution is 0.181. The normalized spacial score (nSPS) is 16.2. The maximum absolute atomic E-state index is 11.4. The van der Waals surface area contributed by atoms with E-state index in [0.717, 1.165) is 11.3 Å². The molecular weight excluding hydrogens is 238 g/mol. The molecular formula is C13H16ClNO2.